The van der Waals surface area contributed by atoms with E-state index in [1.54, 1.807) is 12.1 Å². The Bertz CT molecular complexity index is 575. The minimum atomic E-state index is -0.806. The van der Waals surface area contributed by atoms with Gasteiger partial charge in [0.25, 0.3) is 0 Å². The van der Waals surface area contributed by atoms with E-state index in [-0.39, 0.29) is 5.92 Å². The lowest BCUT2D eigenvalue weighted by Gasteiger charge is -2.38. The van der Waals surface area contributed by atoms with E-state index < -0.39 is 11.4 Å². The van der Waals surface area contributed by atoms with Crippen LogP contribution in [0.5, 0.6) is 0 Å². The van der Waals surface area contributed by atoms with Crippen molar-refractivity contribution in [1.82, 2.24) is 0 Å². The van der Waals surface area contributed by atoms with Crippen LogP contribution in [0.4, 0.5) is 0 Å². The van der Waals surface area contributed by atoms with Crippen molar-refractivity contribution in [3.63, 3.8) is 0 Å². The van der Waals surface area contributed by atoms with Crippen molar-refractivity contribution in [2.45, 2.75) is 63.2 Å². The number of hydrogen-bond acceptors (Lipinski definition) is 1. The maximum atomic E-state index is 12.5. The van der Waals surface area contributed by atoms with E-state index in [9.17, 15) is 9.90 Å². The molecule has 3 rings (SSSR count). The summed E-state index contributed by atoms with van der Waals surface area (Å²) in [7, 11) is 0. The van der Waals surface area contributed by atoms with Crippen LogP contribution >= 0.6 is 23.2 Å². The maximum Gasteiger partial charge on any atom is 0.314 e. The molecule has 0 aliphatic heterocycles. The zero-order chi connectivity index (χ0) is 16.4. The van der Waals surface area contributed by atoms with Crippen molar-refractivity contribution >= 4 is 29.2 Å². The lowest BCUT2D eigenvalue weighted by atomic mass is 9.64. The van der Waals surface area contributed by atoms with Crippen molar-refractivity contribution < 1.29 is 9.90 Å². The largest absolute Gasteiger partial charge is 0.481 e. The SMILES string of the molecule is O=C(O)[C@@](CC1CCCC1)(c1ccc(Cl)c(Cl)c1)C1CCCC1. The molecule has 0 saturated heterocycles. The third kappa shape index (κ3) is 3.25. The summed E-state index contributed by atoms with van der Waals surface area (Å²) in [5, 5.41) is 11.2. The quantitative estimate of drug-likeness (QED) is 0.694. The molecule has 2 saturated carbocycles. The van der Waals surface area contributed by atoms with Gasteiger partial charge in [0, 0.05) is 0 Å². The van der Waals surface area contributed by atoms with E-state index in [0.29, 0.717) is 16.0 Å². The summed E-state index contributed by atoms with van der Waals surface area (Å²) in [6, 6.07) is 5.43. The van der Waals surface area contributed by atoms with Crippen molar-refractivity contribution in [2.75, 3.05) is 0 Å². The van der Waals surface area contributed by atoms with E-state index in [4.69, 9.17) is 23.2 Å². The first-order valence-electron chi connectivity index (χ1n) is 8.73. The zero-order valence-electron chi connectivity index (χ0n) is 13.4. The zero-order valence-corrected chi connectivity index (χ0v) is 14.9. The molecule has 23 heavy (non-hydrogen) atoms. The third-order valence-electron chi connectivity index (χ3n) is 5.95. The molecule has 0 radical (unpaired) electrons. The highest BCUT2D eigenvalue weighted by molar-refractivity contribution is 6.42. The van der Waals surface area contributed by atoms with Gasteiger partial charge < -0.3 is 5.11 Å². The van der Waals surface area contributed by atoms with Gasteiger partial charge in [0.15, 0.2) is 0 Å². The molecule has 1 N–H and O–H groups in total. The number of halogens is 2. The van der Waals surface area contributed by atoms with Gasteiger partial charge in [0.2, 0.25) is 0 Å². The van der Waals surface area contributed by atoms with Gasteiger partial charge in [-0.05, 0) is 48.8 Å². The predicted molar refractivity (Wildman–Crippen MR) is 94.3 cm³/mol. The Morgan fingerprint density at radius 1 is 1.04 bits per heavy atom. The number of carboxylic acid groups (broad SMARTS) is 1. The van der Waals surface area contributed by atoms with Crippen molar-refractivity contribution in [2.24, 2.45) is 11.8 Å². The molecule has 0 amide bonds. The van der Waals surface area contributed by atoms with E-state index in [1.807, 2.05) is 6.07 Å². The van der Waals surface area contributed by atoms with Gasteiger partial charge in [-0.25, -0.2) is 0 Å². The van der Waals surface area contributed by atoms with Gasteiger partial charge in [-0.15, -0.1) is 0 Å². The Morgan fingerprint density at radius 2 is 1.65 bits per heavy atom. The molecule has 4 heteroatoms. The lowest BCUT2D eigenvalue weighted by molar-refractivity contribution is -0.147. The van der Waals surface area contributed by atoms with E-state index >= 15 is 0 Å². The fourth-order valence-corrected chi connectivity index (χ4v) is 5.07. The molecule has 126 valence electrons. The Balaban J connectivity index is 2.05. The maximum absolute atomic E-state index is 12.5. The highest BCUT2D eigenvalue weighted by Gasteiger charge is 2.49. The van der Waals surface area contributed by atoms with Crippen molar-refractivity contribution in [3.8, 4) is 0 Å². The molecule has 1 aromatic carbocycles. The molecule has 2 nitrogen and oxygen atoms in total. The van der Waals surface area contributed by atoms with E-state index in [2.05, 4.69) is 0 Å². The van der Waals surface area contributed by atoms with Gasteiger partial charge in [-0.3, -0.25) is 4.79 Å². The Morgan fingerprint density at radius 3 is 2.22 bits per heavy atom. The van der Waals surface area contributed by atoms with Gasteiger partial charge in [-0.2, -0.15) is 0 Å². The fourth-order valence-electron chi connectivity index (χ4n) is 4.77. The Hall–Kier alpha value is -0.730. The molecule has 2 aliphatic rings. The lowest BCUT2D eigenvalue weighted by Crippen LogP contribution is -2.43. The molecule has 0 bridgehead atoms. The first-order chi connectivity index (χ1) is 11.0. The topological polar surface area (TPSA) is 37.3 Å². The summed E-state index contributed by atoms with van der Waals surface area (Å²) in [5.74, 6) is 0.0358. The minimum Gasteiger partial charge on any atom is -0.481 e. The number of aliphatic carboxylic acids is 1. The molecule has 0 unspecified atom stereocenters. The number of benzene rings is 1. The van der Waals surface area contributed by atoms with Crippen LogP contribution in [0.3, 0.4) is 0 Å². The summed E-state index contributed by atoms with van der Waals surface area (Å²) in [4.78, 5) is 12.5. The second-order valence-electron chi connectivity index (χ2n) is 7.24. The highest BCUT2D eigenvalue weighted by atomic mass is 35.5. The van der Waals surface area contributed by atoms with Crippen LogP contribution in [0, 0.1) is 11.8 Å². The van der Waals surface area contributed by atoms with Gasteiger partial charge in [-0.1, -0.05) is 67.8 Å². The van der Waals surface area contributed by atoms with Crippen molar-refractivity contribution in [1.29, 1.82) is 0 Å². The number of carboxylic acids is 1. The summed E-state index contributed by atoms with van der Waals surface area (Å²) in [5.41, 5.74) is 0.0397. The van der Waals surface area contributed by atoms with Crippen LogP contribution in [-0.4, -0.2) is 11.1 Å². The molecule has 0 aromatic heterocycles. The molecular weight excluding hydrogens is 331 g/mol. The predicted octanol–water partition coefficient (Wildman–Crippen LogP) is 6.09. The summed E-state index contributed by atoms with van der Waals surface area (Å²) in [6.45, 7) is 0. The normalized spacial score (nSPS) is 22.3. The van der Waals surface area contributed by atoms with Crippen LogP contribution in [0.15, 0.2) is 18.2 Å². The summed E-state index contributed by atoms with van der Waals surface area (Å²) in [6.07, 6.45) is 9.77. The average molecular weight is 355 g/mol. The second-order valence-corrected chi connectivity index (χ2v) is 8.06. The summed E-state index contributed by atoms with van der Waals surface area (Å²) >= 11 is 12.3. The molecule has 0 heterocycles. The van der Waals surface area contributed by atoms with Gasteiger partial charge in [0.05, 0.1) is 15.5 Å². The fraction of sp³-hybridized carbons (Fsp3) is 0.632. The summed E-state index contributed by atoms with van der Waals surface area (Å²) < 4.78 is 0. The molecule has 2 fully saturated rings. The average Bonchev–Trinajstić information content (AvgIpc) is 3.20. The standard InChI is InChI=1S/C19H24Cl2O2/c20-16-10-9-15(11-17(16)21)19(18(22)23,14-7-3-4-8-14)12-13-5-1-2-6-13/h9-11,13-14H,1-8,12H2,(H,22,23)/t19-/m1/s1. The molecule has 0 spiro atoms. The number of carbonyl (C=O) groups is 1. The molecule has 1 atom stereocenters. The highest BCUT2D eigenvalue weighted by Crippen LogP contribution is 2.49. The van der Waals surface area contributed by atoms with Crippen LogP contribution in [0.25, 0.3) is 0 Å². The Kier molecular flexibility index (Phi) is 5.22. The first-order valence-corrected chi connectivity index (χ1v) is 9.48. The monoisotopic (exact) mass is 354 g/mol. The van der Waals surface area contributed by atoms with E-state index in [0.717, 1.165) is 50.5 Å². The second kappa shape index (κ2) is 7.03. The van der Waals surface area contributed by atoms with Crippen LogP contribution < -0.4 is 0 Å². The van der Waals surface area contributed by atoms with Crippen LogP contribution in [0.2, 0.25) is 10.0 Å². The van der Waals surface area contributed by atoms with Gasteiger partial charge >= 0.3 is 5.97 Å². The first kappa shape index (κ1) is 17.1. The van der Waals surface area contributed by atoms with Gasteiger partial charge in [0.1, 0.15) is 0 Å². The number of rotatable bonds is 5. The Labute approximate surface area is 148 Å². The molecule has 1 aromatic rings. The minimum absolute atomic E-state index is 0.206. The van der Waals surface area contributed by atoms with Crippen molar-refractivity contribution in [3.05, 3.63) is 33.8 Å². The van der Waals surface area contributed by atoms with E-state index in [1.165, 1.54) is 12.8 Å². The molecular formula is C19H24Cl2O2. The number of hydrogen-bond donors (Lipinski definition) is 1. The smallest absolute Gasteiger partial charge is 0.314 e. The molecule has 2 aliphatic carbocycles. The van der Waals surface area contributed by atoms with Crippen LogP contribution in [-0.2, 0) is 10.2 Å². The van der Waals surface area contributed by atoms with Crippen LogP contribution in [0.1, 0.15) is 63.4 Å². The third-order valence-corrected chi connectivity index (χ3v) is 6.69.